The second-order valence-electron chi connectivity index (χ2n) is 35.3. The van der Waals surface area contributed by atoms with E-state index >= 15 is 19.2 Å². The van der Waals surface area contributed by atoms with Gasteiger partial charge in [-0.3, -0.25) is 47.9 Å². The maximum Gasteiger partial charge on any atom is 0.199 e. The number of carbonyl (C=O) groups is 2. The number of rotatable bonds is 0. The Balaban J connectivity index is 0.000000142. The van der Waals surface area contributed by atoms with Crippen molar-refractivity contribution >= 4 is 164 Å². The fourth-order valence-corrected chi connectivity index (χ4v) is 19.2. The molecule has 1 atom stereocenters. The highest BCUT2D eigenvalue weighted by atomic mass is 16.2. The molecule has 22 rings (SSSR count). The van der Waals surface area contributed by atoms with Gasteiger partial charge < -0.3 is 17.6 Å². The number of benzene rings is 12. The van der Waals surface area contributed by atoms with E-state index in [1.54, 1.807) is 103 Å². The van der Waals surface area contributed by atoms with Crippen LogP contribution in [0.15, 0.2) is 239 Å². The highest BCUT2D eigenvalue weighted by Gasteiger charge is 2.45. The molecule has 8 heterocycles. The van der Waals surface area contributed by atoms with Gasteiger partial charge in [-0.05, 0) is 170 Å². The zero-order valence-electron chi connectivity index (χ0n) is 64.0. The van der Waals surface area contributed by atoms with E-state index in [1.165, 1.54) is 0 Å². The number of fused-ring (bicyclic) bond motifs is 24. The van der Waals surface area contributed by atoms with Crippen molar-refractivity contribution in [3.63, 3.8) is 0 Å². The molecule has 14 heteroatoms. The van der Waals surface area contributed by atoms with Gasteiger partial charge in [0.15, 0.2) is 55.0 Å². The van der Waals surface area contributed by atoms with E-state index in [1.807, 2.05) is 104 Å². The lowest BCUT2D eigenvalue weighted by molar-refractivity contribution is 0.103. The van der Waals surface area contributed by atoms with Crippen molar-refractivity contribution in [1.29, 1.82) is 0 Å². The lowest BCUT2D eigenvalue weighted by Crippen LogP contribution is -2.31. The molecular formula is C99H70N4O10. The van der Waals surface area contributed by atoms with E-state index in [0.717, 1.165) is 22.3 Å². The summed E-state index contributed by atoms with van der Waals surface area (Å²) in [7, 11) is 0. The molecule has 2 aliphatic carbocycles. The predicted octanol–water partition coefficient (Wildman–Crippen LogP) is 18.3. The Hall–Kier alpha value is -13.5. The Labute approximate surface area is 641 Å². The molecular weight excluding hydrogens is 1410 g/mol. The molecule has 1 unspecified atom stereocenters. The van der Waals surface area contributed by atoms with Crippen LogP contribution >= 0.6 is 0 Å². The molecule has 0 fully saturated rings. The number of ketones is 2. The minimum atomic E-state index is -0.763. The summed E-state index contributed by atoms with van der Waals surface area (Å²) in [5.74, 6) is -1.42. The summed E-state index contributed by atoms with van der Waals surface area (Å²) in [6, 6.07) is 60.3. The quantitative estimate of drug-likeness (QED) is 0.104. The summed E-state index contributed by atoms with van der Waals surface area (Å²) in [4.78, 5) is 149. The maximum atomic E-state index is 15.6. The van der Waals surface area contributed by atoms with E-state index in [0.29, 0.717) is 153 Å². The fraction of sp³-hybridized carbons (Fsp3) is 0.172. The topological polar surface area (TPSA) is 188 Å². The zero-order chi connectivity index (χ0) is 78.5. The van der Waals surface area contributed by atoms with Gasteiger partial charge in [0.1, 0.15) is 0 Å². The summed E-state index contributed by atoms with van der Waals surface area (Å²) < 4.78 is 7.78. The Morgan fingerprint density at radius 3 is 1.11 bits per heavy atom. The number of carbonyl (C=O) groups excluding carboxylic acids is 2. The molecule has 0 radical (unpaired) electrons. The third-order valence-corrected chi connectivity index (χ3v) is 24.7. The third-order valence-electron chi connectivity index (χ3n) is 24.7. The van der Waals surface area contributed by atoms with E-state index in [2.05, 4.69) is 93.6 Å². The number of hydrogen-bond acceptors (Lipinski definition) is 10. The molecule has 14 nitrogen and oxygen atoms in total. The van der Waals surface area contributed by atoms with Gasteiger partial charge in [-0.25, -0.2) is 0 Å². The van der Waals surface area contributed by atoms with Gasteiger partial charge in [-0.2, -0.15) is 0 Å². The first-order valence-corrected chi connectivity index (χ1v) is 38.3. The normalized spacial score (nSPS) is 14.2. The average Bonchev–Trinajstić information content (AvgIpc) is 0.666. The van der Waals surface area contributed by atoms with E-state index in [4.69, 9.17) is 0 Å². The molecule has 20 aromatic rings. The lowest BCUT2D eigenvalue weighted by Gasteiger charge is -2.36. The molecule has 113 heavy (non-hydrogen) atoms. The molecule has 546 valence electrons. The summed E-state index contributed by atoms with van der Waals surface area (Å²) in [6.45, 7) is 25.3. The number of aromatic nitrogens is 4. The van der Waals surface area contributed by atoms with Gasteiger partial charge in [0.05, 0.1) is 87.9 Å². The summed E-state index contributed by atoms with van der Waals surface area (Å²) >= 11 is 0. The largest absolute Gasteiger partial charge is 0.307 e. The Bertz CT molecular complexity index is 8530. The van der Waals surface area contributed by atoms with Crippen LogP contribution in [0.25, 0.3) is 152 Å². The van der Waals surface area contributed by atoms with Crippen LogP contribution in [0.5, 0.6) is 0 Å². The van der Waals surface area contributed by atoms with Crippen LogP contribution in [0.1, 0.15) is 160 Å². The first-order valence-electron chi connectivity index (χ1n) is 38.3. The number of para-hydroxylation sites is 4. The smallest absolute Gasteiger partial charge is 0.199 e. The second-order valence-corrected chi connectivity index (χ2v) is 35.3. The minimum absolute atomic E-state index is 0.111. The first-order chi connectivity index (χ1) is 53.8. The van der Waals surface area contributed by atoms with Gasteiger partial charge >= 0.3 is 0 Å². The molecule has 0 spiro atoms. The molecule has 0 bridgehead atoms. The van der Waals surface area contributed by atoms with Gasteiger partial charge in [-0.15, -0.1) is 0 Å². The number of pyridine rings is 8. The van der Waals surface area contributed by atoms with Crippen LogP contribution < -0.4 is 43.4 Å². The predicted molar refractivity (Wildman–Crippen MR) is 457 cm³/mol. The Morgan fingerprint density at radius 1 is 0.230 bits per heavy atom. The van der Waals surface area contributed by atoms with Crippen molar-refractivity contribution in [3.05, 3.63) is 343 Å². The fourth-order valence-electron chi connectivity index (χ4n) is 19.2. The standard InChI is InChI=1S/C50H48N2O4.C49H22N2O6/c1-47(2,3)25-13-16-36-30(19-25)44(54)32-21-28(50(10,11)12)24-35-40(32)51(36)38-18-15-29-42(39(38)46(35)56)52-37-17-14-26(48(4,5)6)20-31(37)45(55)34-23-27(49(7,8)9)22-33(41(34)52)43(29)53;52-44-23-11-2-1-10-22(23)35-34-26(44)14-7-15-27(34)47(55)37-36(35)38-43(50-32-20-5-3-12-24(32)45(53)28-16-8-18-30(40(28)50)48(38)56)39-42(37)51-33-21-6-4-13-25(33)46(54)29-17-9-19-31(41(29)51)49(39)57/h13-24H,1-12H3;1-21,35H. The van der Waals surface area contributed by atoms with Crippen molar-refractivity contribution in [1.82, 2.24) is 17.6 Å². The summed E-state index contributed by atoms with van der Waals surface area (Å²) in [6.07, 6.45) is 0. The van der Waals surface area contributed by atoms with Crippen molar-refractivity contribution in [2.24, 2.45) is 0 Å². The van der Waals surface area contributed by atoms with Crippen molar-refractivity contribution in [2.75, 3.05) is 0 Å². The number of nitrogens with zero attached hydrogens (tertiary/aromatic N) is 4. The maximum absolute atomic E-state index is 15.6. The van der Waals surface area contributed by atoms with Crippen LogP contribution in [0.3, 0.4) is 0 Å². The monoisotopic (exact) mass is 1470 g/mol. The van der Waals surface area contributed by atoms with Crippen molar-refractivity contribution in [3.8, 4) is 0 Å². The Morgan fingerprint density at radius 2 is 0.575 bits per heavy atom. The number of hydrogen-bond donors (Lipinski definition) is 0. The lowest BCUT2D eigenvalue weighted by atomic mass is 9.66. The van der Waals surface area contributed by atoms with Crippen LogP contribution in [-0.2, 0) is 21.7 Å². The summed E-state index contributed by atoms with van der Waals surface area (Å²) in [5, 5.41) is 5.88. The highest BCUT2D eigenvalue weighted by molar-refractivity contribution is 6.30. The van der Waals surface area contributed by atoms with Crippen molar-refractivity contribution < 1.29 is 9.59 Å². The van der Waals surface area contributed by atoms with Crippen molar-refractivity contribution in [2.45, 2.75) is 111 Å². The van der Waals surface area contributed by atoms with Gasteiger partial charge in [-0.1, -0.05) is 174 Å². The Kier molecular flexibility index (Phi) is 13.3. The zero-order valence-corrected chi connectivity index (χ0v) is 64.0. The third kappa shape index (κ3) is 8.72. The van der Waals surface area contributed by atoms with Crippen LogP contribution in [0.2, 0.25) is 0 Å². The first kappa shape index (κ1) is 67.6. The molecule has 0 aliphatic heterocycles. The molecule has 0 saturated carbocycles. The SMILES string of the molecule is CC(C)(C)c1ccc2c(c1)c(=O)c1cc(C(C)(C)C)cc3c(=O)c4c(ccc5c(=O)c6cc(C(C)(C)C)cc7c(=O)c8cc(C(C)(C)C)ccc8n(c76)c54)n2c13.O=C1c2ccccc2C2c3c1cccc3C(=O)c1c2c2c(=O)c3cccc4c(=O)c5ccccc5n(c43)c2c2c(=O)c3cccc4c(=O)c5ccccc5n(c12)c43. The molecule has 0 saturated heterocycles. The molecule has 12 aromatic carbocycles. The minimum Gasteiger partial charge on any atom is -0.307 e. The van der Waals surface area contributed by atoms with Gasteiger partial charge in [0.2, 0.25) is 0 Å². The highest BCUT2D eigenvalue weighted by Crippen LogP contribution is 2.52. The van der Waals surface area contributed by atoms with Gasteiger partial charge in [0.25, 0.3) is 0 Å². The average molecular weight is 1480 g/mol. The second kappa shape index (κ2) is 22.2. The summed E-state index contributed by atoms with van der Waals surface area (Å²) in [5.41, 5.74) is 9.06. The molecule has 0 N–H and O–H groups in total. The van der Waals surface area contributed by atoms with E-state index in [-0.39, 0.29) is 98.2 Å². The van der Waals surface area contributed by atoms with E-state index in [9.17, 15) is 28.8 Å². The van der Waals surface area contributed by atoms with Crippen LogP contribution in [0, 0.1) is 0 Å². The molecule has 2 aliphatic rings. The van der Waals surface area contributed by atoms with E-state index < -0.39 is 22.6 Å². The van der Waals surface area contributed by atoms with Crippen LogP contribution in [0.4, 0.5) is 0 Å². The molecule has 0 amide bonds. The van der Waals surface area contributed by atoms with Gasteiger partial charge in [0, 0.05) is 92.6 Å². The molecule has 8 aromatic heterocycles. The van der Waals surface area contributed by atoms with Crippen LogP contribution in [-0.4, -0.2) is 29.2 Å².